The minimum atomic E-state index is -0.477. The van der Waals surface area contributed by atoms with Gasteiger partial charge in [-0.05, 0) is 77.6 Å². The molecule has 1 aromatic rings. The van der Waals surface area contributed by atoms with Crippen LogP contribution in [0.3, 0.4) is 0 Å². The zero-order valence-electron chi connectivity index (χ0n) is 17.0. The number of hydrogen-bond acceptors (Lipinski definition) is 4. The number of carbonyl (C=O) groups is 1. The normalized spacial score (nSPS) is 34.9. The molecule has 0 unspecified atom stereocenters. The van der Waals surface area contributed by atoms with Crippen LogP contribution in [0.5, 0.6) is 0 Å². The number of carbonyl (C=O) groups excluding carboxylic acids is 1. The Morgan fingerprint density at radius 1 is 1.33 bits per heavy atom. The largest absolute Gasteiger partial charge is 0.390 e. The second kappa shape index (κ2) is 6.59. The van der Waals surface area contributed by atoms with E-state index in [1.165, 1.54) is 0 Å². The van der Waals surface area contributed by atoms with Crippen molar-refractivity contribution in [1.82, 2.24) is 15.1 Å². The van der Waals surface area contributed by atoms with Crippen LogP contribution in [0, 0.1) is 17.8 Å². The number of hydrogen-bond donors (Lipinski definition) is 2. The average molecular weight is 376 g/mol. The molecule has 4 aliphatic carbocycles. The molecule has 2 atom stereocenters. The van der Waals surface area contributed by atoms with E-state index in [-0.39, 0.29) is 17.5 Å². The van der Waals surface area contributed by atoms with Gasteiger partial charge in [0.25, 0.3) is 5.91 Å². The Labute approximate surface area is 161 Å². The van der Waals surface area contributed by atoms with E-state index >= 15 is 0 Å². The van der Waals surface area contributed by atoms with E-state index in [1.54, 1.807) is 6.20 Å². The van der Waals surface area contributed by atoms with Gasteiger partial charge in [-0.2, -0.15) is 5.10 Å². The third kappa shape index (κ3) is 3.42. The van der Waals surface area contributed by atoms with Crippen molar-refractivity contribution in [3.05, 3.63) is 17.5 Å². The first kappa shape index (κ1) is 18.9. The molecule has 27 heavy (non-hydrogen) atoms. The van der Waals surface area contributed by atoms with Gasteiger partial charge < -0.3 is 15.2 Å². The lowest BCUT2D eigenvalue weighted by molar-refractivity contribution is -0.136. The van der Waals surface area contributed by atoms with Crippen molar-refractivity contribution in [2.75, 3.05) is 6.61 Å². The summed E-state index contributed by atoms with van der Waals surface area (Å²) >= 11 is 0. The summed E-state index contributed by atoms with van der Waals surface area (Å²) in [5.41, 5.74) is 0.765. The molecule has 1 amide bonds. The molecule has 0 aliphatic heterocycles. The topological polar surface area (TPSA) is 76.4 Å². The third-order valence-electron chi connectivity index (χ3n) is 6.73. The Morgan fingerprint density at radius 2 is 2.00 bits per heavy atom. The van der Waals surface area contributed by atoms with Gasteiger partial charge >= 0.3 is 0 Å². The molecule has 0 saturated heterocycles. The monoisotopic (exact) mass is 375 g/mol. The molecule has 5 rings (SSSR count). The van der Waals surface area contributed by atoms with Gasteiger partial charge in [0.15, 0.2) is 0 Å². The molecule has 0 aromatic carbocycles. The SMILES string of the molecule is CCOCc1c(C(=O)NC2[C@H]3CC4C[C@H]2CC(O)(C4)C3)cnn1C(C)(C)C. The van der Waals surface area contributed by atoms with E-state index in [1.807, 2.05) is 11.6 Å². The van der Waals surface area contributed by atoms with Crippen LogP contribution in [0.25, 0.3) is 0 Å². The Kier molecular flexibility index (Phi) is 4.62. The van der Waals surface area contributed by atoms with E-state index < -0.39 is 5.60 Å². The van der Waals surface area contributed by atoms with Gasteiger partial charge in [0, 0.05) is 12.6 Å². The summed E-state index contributed by atoms with van der Waals surface area (Å²) in [6.45, 7) is 9.18. The highest BCUT2D eigenvalue weighted by Gasteiger charge is 2.55. The van der Waals surface area contributed by atoms with Crippen molar-refractivity contribution in [1.29, 1.82) is 0 Å². The van der Waals surface area contributed by atoms with E-state index in [0.29, 0.717) is 36.5 Å². The third-order valence-corrected chi connectivity index (χ3v) is 6.73. The van der Waals surface area contributed by atoms with Crippen LogP contribution >= 0.6 is 0 Å². The quantitative estimate of drug-likeness (QED) is 0.830. The molecule has 0 spiro atoms. The predicted octanol–water partition coefficient (Wildman–Crippen LogP) is 2.84. The van der Waals surface area contributed by atoms with Crippen molar-refractivity contribution in [3.8, 4) is 0 Å². The van der Waals surface area contributed by atoms with Crippen LogP contribution < -0.4 is 5.32 Å². The number of ether oxygens (including phenoxy) is 1. The predicted molar refractivity (Wildman–Crippen MR) is 102 cm³/mol. The van der Waals surface area contributed by atoms with Crippen molar-refractivity contribution in [2.45, 2.75) is 83.6 Å². The first-order chi connectivity index (χ1) is 12.7. The maximum Gasteiger partial charge on any atom is 0.255 e. The molecule has 1 aromatic heterocycles. The van der Waals surface area contributed by atoms with Gasteiger partial charge in [0.05, 0.1) is 35.2 Å². The van der Waals surface area contributed by atoms with Gasteiger partial charge in [-0.1, -0.05) is 0 Å². The van der Waals surface area contributed by atoms with Gasteiger partial charge in [-0.25, -0.2) is 0 Å². The average Bonchev–Trinajstić information content (AvgIpc) is 2.98. The molecule has 6 heteroatoms. The Balaban J connectivity index is 1.54. The van der Waals surface area contributed by atoms with Crippen LogP contribution in [-0.4, -0.2) is 39.0 Å². The van der Waals surface area contributed by atoms with E-state index in [0.717, 1.165) is 37.8 Å². The molecule has 2 N–H and O–H groups in total. The van der Waals surface area contributed by atoms with Crippen LogP contribution in [0.4, 0.5) is 0 Å². The summed E-state index contributed by atoms with van der Waals surface area (Å²) in [6, 6.07) is 0.173. The lowest BCUT2D eigenvalue weighted by atomic mass is 9.52. The maximum atomic E-state index is 13.2. The Bertz CT molecular complexity index is 705. The van der Waals surface area contributed by atoms with E-state index in [9.17, 15) is 9.90 Å². The second-order valence-electron chi connectivity index (χ2n) is 9.92. The number of amides is 1. The summed E-state index contributed by atoms with van der Waals surface area (Å²) in [7, 11) is 0. The highest BCUT2D eigenvalue weighted by Crippen LogP contribution is 2.55. The van der Waals surface area contributed by atoms with Crippen molar-refractivity contribution < 1.29 is 14.6 Å². The second-order valence-corrected chi connectivity index (χ2v) is 9.92. The minimum absolute atomic E-state index is 0.0512. The lowest BCUT2D eigenvalue weighted by Gasteiger charge is -2.58. The van der Waals surface area contributed by atoms with Crippen LogP contribution in [0.15, 0.2) is 6.20 Å². The molecule has 4 fully saturated rings. The first-order valence-corrected chi connectivity index (χ1v) is 10.4. The standard InChI is InChI=1S/C21H33N3O3/c1-5-27-12-17-16(11-22-24(17)20(2,3)4)19(25)23-18-14-6-13-7-15(18)10-21(26,8-13)9-14/h11,13-15,18,26H,5-10,12H2,1-4H3,(H,23,25)/t13?,14-,15-,18?,21?/m0/s1. The van der Waals surface area contributed by atoms with Crippen LogP contribution in [-0.2, 0) is 16.9 Å². The summed E-state index contributed by atoms with van der Waals surface area (Å²) in [4.78, 5) is 13.2. The number of nitrogens with one attached hydrogen (secondary N) is 1. The van der Waals surface area contributed by atoms with Crippen LogP contribution in [0.2, 0.25) is 0 Å². The zero-order chi connectivity index (χ0) is 19.4. The summed E-state index contributed by atoms with van der Waals surface area (Å²) in [5, 5.41) is 18.6. The molecule has 150 valence electrons. The number of aromatic nitrogens is 2. The van der Waals surface area contributed by atoms with E-state index in [4.69, 9.17) is 4.74 Å². The molecule has 6 nitrogen and oxygen atoms in total. The Morgan fingerprint density at radius 3 is 2.56 bits per heavy atom. The maximum absolute atomic E-state index is 13.2. The Hall–Kier alpha value is -1.40. The number of aliphatic hydroxyl groups is 1. The highest BCUT2D eigenvalue weighted by atomic mass is 16.5. The first-order valence-electron chi connectivity index (χ1n) is 10.4. The summed E-state index contributed by atoms with van der Waals surface area (Å²) < 4.78 is 7.53. The van der Waals surface area contributed by atoms with Crippen molar-refractivity contribution in [3.63, 3.8) is 0 Å². The fourth-order valence-electron chi connectivity index (χ4n) is 5.93. The molecular weight excluding hydrogens is 342 g/mol. The highest BCUT2D eigenvalue weighted by molar-refractivity contribution is 5.95. The van der Waals surface area contributed by atoms with Crippen molar-refractivity contribution >= 4 is 5.91 Å². The van der Waals surface area contributed by atoms with Gasteiger partial charge in [0.2, 0.25) is 0 Å². The zero-order valence-corrected chi connectivity index (χ0v) is 17.0. The fourth-order valence-corrected chi connectivity index (χ4v) is 5.93. The number of nitrogens with zero attached hydrogens (tertiary/aromatic N) is 2. The van der Waals surface area contributed by atoms with Gasteiger partial charge in [-0.15, -0.1) is 0 Å². The van der Waals surface area contributed by atoms with Gasteiger partial charge in [-0.3, -0.25) is 9.48 Å². The molecule has 4 bridgehead atoms. The molecule has 4 saturated carbocycles. The molecular formula is C21H33N3O3. The fraction of sp³-hybridized carbons (Fsp3) is 0.810. The smallest absolute Gasteiger partial charge is 0.255 e. The van der Waals surface area contributed by atoms with E-state index in [2.05, 4.69) is 31.2 Å². The lowest BCUT2D eigenvalue weighted by Crippen LogP contribution is -2.61. The van der Waals surface area contributed by atoms with Gasteiger partial charge in [0.1, 0.15) is 0 Å². The van der Waals surface area contributed by atoms with Crippen molar-refractivity contribution in [2.24, 2.45) is 17.8 Å². The molecule has 0 radical (unpaired) electrons. The molecule has 1 heterocycles. The van der Waals surface area contributed by atoms with Crippen LogP contribution in [0.1, 0.15) is 75.9 Å². The summed E-state index contributed by atoms with van der Waals surface area (Å²) in [6.07, 6.45) is 6.57. The number of rotatable bonds is 5. The molecule has 4 aliphatic rings. The minimum Gasteiger partial charge on any atom is -0.390 e. The summed E-state index contributed by atoms with van der Waals surface area (Å²) in [5.74, 6) is 1.39.